The minimum absolute atomic E-state index is 0.129. The number of thiazole rings is 1. The lowest BCUT2D eigenvalue weighted by molar-refractivity contribution is 0.0642. The second-order valence-electron chi connectivity index (χ2n) is 3.83. The van der Waals surface area contributed by atoms with Crippen molar-refractivity contribution in [2.75, 3.05) is 0 Å². The molecule has 2 amide bonds. The van der Waals surface area contributed by atoms with Crippen molar-refractivity contribution in [2.45, 2.75) is 6.54 Å². The van der Waals surface area contributed by atoms with Gasteiger partial charge in [0, 0.05) is 11.1 Å². The Morgan fingerprint density at radius 2 is 2.11 bits per heavy atom. The fraction of sp³-hybridized carbons (Fsp3) is 0.0833. The van der Waals surface area contributed by atoms with Gasteiger partial charge >= 0.3 is 0 Å². The third-order valence-electron chi connectivity index (χ3n) is 2.75. The molecule has 1 aliphatic heterocycles. The van der Waals surface area contributed by atoms with Crippen LogP contribution in [-0.2, 0) is 6.54 Å². The summed E-state index contributed by atoms with van der Waals surface area (Å²) in [5.74, 6) is -1.69. The van der Waals surface area contributed by atoms with E-state index in [4.69, 9.17) is 0 Å². The molecule has 0 unspecified atom stereocenters. The lowest BCUT2D eigenvalue weighted by Crippen LogP contribution is -2.28. The van der Waals surface area contributed by atoms with E-state index in [2.05, 4.69) is 4.98 Å². The first-order valence-electron chi connectivity index (χ1n) is 5.20. The molecule has 3 rings (SSSR count). The van der Waals surface area contributed by atoms with Crippen LogP contribution in [0.1, 0.15) is 25.6 Å². The maximum Gasteiger partial charge on any atom is 0.264 e. The van der Waals surface area contributed by atoms with Crippen LogP contribution >= 0.6 is 11.3 Å². The first kappa shape index (κ1) is 11.0. The molecular formula is C12H7FN2O2S. The van der Waals surface area contributed by atoms with E-state index in [1.54, 1.807) is 11.7 Å². The van der Waals surface area contributed by atoms with Crippen LogP contribution in [0.3, 0.4) is 0 Å². The lowest BCUT2D eigenvalue weighted by atomic mass is 10.1. The van der Waals surface area contributed by atoms with Gasteiger partial charge in [-0.1, -0.05) is 6.07 Å². The van der Waals surface area contributed by atoms with Crippen molar-refractivity contribution in [3.8, 4) is 0 Å². The van der Waals surface area contributed by atoms with Crippen molar-refractivity contribution >= 4 is 23.2 Å². The molecule has 6 heteroatoms. The summed E-state index contributed by atoms with van der Waals surface area (Å²) in [6.45, 7) is 0.135. The number of hydrogen-bond acceptors (Lipinski definition) is 4. The summed E-state index contributed by atoms with van der Waals surface area (Å²) < 4.78 is 13.6. The highest BCUT2D eigenvalue weighted by molar-refractivity contribution is 7.09. The van der Waals surface area contributed by atoms with E-state index in [0.717, 1.165) is 9.78 Å². The summed E-state index contributed by atoms with van der Waals surface area (Å²) in [4.78, 5) is 29.7. The van der Waals surface area contributed by atoms with Crippen molar-refractivity contribution in [3.05, 3.63) is 51.7 Å². The monoisotopic (exact) mass is 262 g/mol. The zero-order valence-corrected chi connectivity index (χ0v) is 9.91. The Morgan fingerprint density at radius 1 is 1.28 bits per heavy atom. The largest absolute Gasteiger partial charge is 0.269 e. The summed E-state index contributed by atoms with van der Waals surface area (Å²) in [5, 5.41) is 0. The van der Waals surface area contributed by atoms with Gasteiger partial charge < -0.3 is 0 Å². The zero-order valence-electron chi connectivity index (χ0n) is 9.09. The van der Waals surface area contributed by atoms with Gasteiger partial charge in [0.15, 0.2) is 0 Å². The number of fused-ring (bicyclic) bond motifs is 1. The van der Waals surface area contributed by atoms with E-state index in [1.807, 2.05) is 0 Å². The molecule has 90 valence electrons. The molecule has 0 radical (unpaired) electrons. The van der Waals surface area contributed by atoms with Gasteiger partial charge in [0.2, 0.25) is 0 Å². The average Bonchev–Trinajstić information content (AvgIpc) is 2.94. The molecule has 1 aromatic carbocycles. The maximum absolute atomic E-state index is 13.6. The van der Waals surface area contributed by atoms with Crippen LogP contribution in [0.25, 0.3) is 0 Å². The Morgan fingerprint density at radius 3 is 2.78 bits per heavy atom. The van der Waals surface area contributed by atoms with E-state index in [9.17, 15) is 14.0 Å². The molecule has 0 fully saturated rings. The first-order valence-corrected chi connectivity index (χ1v) is 6.08. The van der Waals surface area contributed by atoms with Crippen molar-refractivity contribution in [1.82, 2.24) is 9.88 Å². The molecule has 0 saturated carbocycles. The van der Waals surface area contributed by atoms with Crippen LogP contribution in [0.4, 0.5) is 4.39 Å². The molecule has 0 N–H and O–H groups in total. The normalized spacial score (nSPS) is 14.2. The van der Waals surface area contributed by atoms with E-state index in [1.165, 1.54) is 29.5 Å². The highest BCUT2D eigenvalue weighted by Gasteiger charge is 2.37. The Balaban J connectivity index is 2.00. The number of carbonyl (C=O) groups excluding carboxylic acids is 2. The van der Waals surface area contributed by atoms with Gasteiger partial charge in [0.05, 0.1) is 23.2 Å². The Labute approximate surface area is 106 Å². The van der Waals surface area contributed by atoms with Gasteiger partial charge in [-0.15, -0.1) is 11.3 Å². The molecule has 0 spiro atoms. The Kier molecular flexibility index (Phi) is 2.45. The third kappa shape index (κ3) is 1.53. The van der Waals surface area contributed by atoms with Crippen LogP contribution in [0, 0.1) is 5.82 Å². The van der Waals surface area contributed by atoms with Crippen molar-refractivity contribution in [2.24, 2.45) is 0 Å². The first-order chi connectivity index (χ1) is 8.68. The summed E-state index contributed by atoms with van der Waals surface area (Å²) in [6.07, 6.45) is 1.59. The fourth-order valence-electron chi connectivity index (χ4n) is 1.91. The third-order valence-corrected chi connectivity index (χ3v) is 3.51. The highest BCUT2D eigenvalue weighted by atomic mass is 32.1. The fourth-order valence-corrected chi connectivity index (χ4v) is 2.49. The summed E-state index contributed by atoms with van der Waals surface area (Å²) >= 11 is 1.35. The molecule has 4 nitrogen and oxygen atoms in total. The molecule has 1 aromatic heterocycles. The van der Waals surface area contributed by atoms with Crippen LogP contribution in [0.5, 0.6) is 0 Å². The van der Waals surface area contributed by atoms with Gasteiger partial charge in [-0.2, -0.15) is 0 Å². The Bertz CT molecular complexity index is 640. The van der Waals surface area contributed by atoms with Crippen LogP contribution in [-0.4, -0.2) is 21.7 Å². The topological polar surface area (TPSA) is 50.3 Å². The Hall–Kier alpha value is -2.08. The molecule has 0 bridgehead atoms. The number of amides is 2. The standard InChI is InChI=1S/C12H7FN2O2S/c13-9-3-1-2-8-10(9)12(17)15(11(8)16)5-7-4-14-6-18-7/h1-4,6H,5H2. The van der Waals surface area contributed by atoms with E-state index in [-0.39, 0.29) is 17.7 Å². The molecule has 0 aliphatic carbocycles. The van der Waals surface area contributed by atoms with Gasteiger partial charge in [-0.25, -0.2) is 4.39 Å². The van der Waals surface area contributed by atoms with Crippen molar-refractivity contribution < 1.29 is 14.0 Å². The minimum atomic E-state index is -0.655. The number of rotatable bonds is 2. The maximum atomic E-state index is 13.6. The molecule has 1 aliphatic rings. The number of halogens is 1. The number of aromatic nitrogens is 1. The molecule has 0 atom stereocenters. The van der Waals surface area contributed by atoms with Crippen LogP contribution in [0.15, 0.2) is 29.9 Å². The predicted octanol–water partition coefficient (Wildman–Crippen LogP) is 2.08. The van der Waals surface area contributed by atoms with Crippen molar-refractivity contribution in [1.29, 1.82) is 0 Å². The smallest absolute Gasteiger partial charge is 0.264 e. The molecule has 2 heterocycles. The molecular weight excluding hydrogens is 255 g/mol. The molecule has 0 saturated heterocycles. The van der Waals surface area contributed by atoms with Crippen LogP contribution in [0.2, 0.25) is 0 Å². The number of nitrogens with zero attached hydrogens (tertiary/aromatic N) is 2. The minimum Gasteiger partial charge on any atom is -0.269 e. The second-order valence-corrected chi connectivity index (χ2v) is 4.80. The predicted molar refractivity (Wildman–Crippen MR) is 62.7 cm³/mol. The SMILES string of the molecule is O=C1c2cccc(F)c2C(=O)N1Cc1cncs1. The number of hydrogen-bond donors (Lipinski definition) is 0. The van der Waals surface area contributed by atoms with Crippen LogP contribution < -0.4 is 0 Å². The highest BCUT2D eigenvalue weighted by Crippen LogP contribution is 2.27. The molecule has 18 heavy (non-hydrogen) atoms. The number of imide groups is 1. The number of carbonyl (C=O) groups is 2. The summed E-state index contributed by atoms with van der Waals surface area (Å²) in [6, 6.07) is 4.07. The van der Waals surface area contributed by atoms with E-state index in [0.29, 0.717) is 0 Å². The van der Waals surface area contributed by atoms with Gasteiger partial charge in [0.25, 0.3) is 11.8 Å². The zero-order chi connectivity index (χ0) is 12.7. The van der Waals surface area contributed by atoms with Gasteiger partial charge in [0.1, 0.15) is 5.82 Å². The summed E-state index contributed by atoms with van der Waals surface area (Å²) in [5.41, 5.74) is 1.62. The average molecular weight is 262 g/mol. The second kappa shape index (κ2) is 3.99. The molecule has 2 aromatic rings. The van der Waals surface area contributed by atoms with Gasteiger partial charge in [-0.3, -0.25) is 19.5 Å². The van der Waals surface area contributed by atoms with E-state index >= 15 is 0 Å². The quantitative estimate of drug-likeness (QED) is 0.778. The number of benzene rings is 1. The van der Waals surface area contributed by atoms with Crippen molar-refractivity contribution in [3.63, 3.8) is 0 Å². The summed E-state index contributed by atoms with van der Waals surface area (Å²) in [7, 11) is 0. The lowest BCUT2D eigenvalue weighted by Gasteiger charge is -2.11. The van der Waals surface area contributed by atoms with Gasteiger partial charge in [-0.05, 0) is 12.1 Å². The van der Waals surface area contributed by atoms with E-state index < -0.39 is 17.6 Å².